The molecule has 2 rings (SSSR count). The second kappa shape index (κ2) is 5.63. The van der Waals surface area contributed by atoms with Gasteiger partial charge in [-0.3, -0.25) is 0 Å². The van der Waals surface area contributed by atoms with Crippen molar-refractivity contribution in [1.29, 1.82) is 0 Å². The summed E-state index contributed by atoms with van der Waals surface area (Å²) in [5.41, 5.74) is 4.47. The second-order valence-electron chi connectivity index (χ2n) is 4.76. The van der Waals surface area contributed by atoms with Gasteiger partial charge < -0.3 is 14.8 Å². The van der Waals surface area contributed by atoms with Gasteiger partial charge in [-0.1, -0.05) is 12.1 Å². The molecule has 1 heterocycles. The Kier molecular flexibility index (Phi) is 4.09. The first-order valence-electron chi connectivity index (χ1n) is 6.28. The molecule has 0 aliphatic rings. The Labute approximate surface area is 116 Å². The number of aryl methyl sites for hydroxylation is 1. The molecule has 0 spiro atoms. The molecular formula is C15H17F2NO2. The zero-order valence-electron chi connectivity index (χ0n) is 11.6. The number of alkyl halides is 2. The highest BCUT2D eigenvalue weighted by molar-refractivity contribution is 5.40. The van der Waals surface area contributed by atoms with Gasteiger partial charge in [0.1, 0.15) is 11.9 Å². The molecular weight excluding hydrogens is 264 g/mol. The highest BCUT2D eigenvalue weighted by Crippen LogP contribution is 2.28. The summed E-state index contributed by atoms with van der Waals surface area (Å²) in [6, 6.07) is 5.99. The number of H-pyrrole nitrogens is 1. The average molecular weight is 281 g/mol. The van der Waals surface area contributed by atoms with Gasteiger partial charge >= 0.3 is 6.61 Å². The van der Waals surface area contributed by atoms with Crippen LogP contribution in [0.2, 0.25) is 0 Å². The maximum Gasteiger partial charge on any atom is 0.387 e. The van der Waals surface area contributed by atoms with Crippen molar-refractivity contribution in [1.82, 2.24) is 4.98 Å². The number of halogens is 2. The number of hydrogen-bond donors (Lipinski definition) is 2. The number of aliphatic hydroxyl groups is 1. The van der Waals surface area contributed by atoms with Gasteiger partial charge in [-0.2, -0.15) is 8.78 Å². The summed E-state index contributed by atoms with van der Waals surface area (Å²) in [6.07, 6.45) is -0.817. The molecule has 1 unspecified atom stereocenters. The Balaban J connectivity index is 2.24. The van der Waals surface area contributed by atoms with E-state index in [1.807, 2.05) is 20.8 Å². The van der Waals surface area contributed by atoms with Crippen molar-refractivity contribution in [2.75, 3.05) is 0 Å². The number of aliphatic hydroxyl groups excluding tert-OH is 1. The molecule has 0 aliphatic heterocycles. The predicted octanol–water partition coefficient (Wildman–Crippen LogP) is 3.62. The van der Waals surface area contributed by atoms with Gasteiger partial charge in [0.25, 0.3) is 0 Å². The zero-order valence-corrected chi connectivity index (χ0v) is 11.6. The second-order valence-corrected chi connectivity index (χ2v) is 4.76. The number of benzene rings is 1. The third-order valence-corrected chi connectivity index (χ3v) is 3.55. The Morgan fingerprint density at radius 1 is 1.05 bits per heavy atom. The molecule has 2 N–H and O–H groups in total. The van der Waals surface area contributed by atoms with Crippen LogP contribution in [0.4, 0.5) is 8.78 Å². The molecule has 0 radical (unpaired) electrons. The van der Waals surface area contributed by atoms with Gasteiger partial charge in [-0.25, -0.2) is 0 Å². The molecule has 0 saturated carbocycles. The first-order valence-corrected chi connectivity index (χ1v) is 6.28. The lowest BCUT2D eigenvalue weighted by Gasteiger charge is -2.12. The molecule has 1 aromatic heterocycles. The Morgan fingerprint density at radius 3 is 2.10 bits per heavy atom. The maximum atomic E-state index is 12.1. The van der Waals surface area contributed by atoms with Crippen LogP contribution in [0.3, 0.4) is 0 Å². The molecule has 0 bridgehead atoms. The van der Waals surface area contributed by atoms with Crippen LogP contribution >= 0.6 is 0 Å². The van der Waals surface area contributed by atoms with Crippen LogP contribution in [0.15, 0.2) is 24.3 Å². The summed E-state index contributed by atoms with van der Waals surface area (Å²) in [6.45, 7) is 3.02. The van der Waals surface area contributed by atoms with Crippen molar-refractivity contribution in [3.63, 3.8) is 0 Å². The lowest BCUT2D eigenvalue weighted by atomic mass is 10.0. The molecule has 0 aliphatic carbocycles. The van der Waals surface area contributed by atoms with Crippen LogP contribution in [0, 0.1) is 20.8 Å². The van der Waals surface area contributed by atoms with Crippen LogP contribution in [-0.4, -0.2) is 16.7 Å². The lowest BCUT2D eigenvalue weighted by Crippen LogP contribution is -2.04. The third kappa shape index (κ3) is 2.82. The van der Waals surface area contributed by atoms with Crippen molar-refractivity contribution in [3.05, 3.63) is 52.3 Å². The number of aromatic nitrogens is 1. The maximum absolute atomic E-state index is 12.1. The highest BCUT2D eigenvalue weighted by atomic mass is 19.3. The number of aromatic amines is 1. The number of ether oxygens (including phenoxy) is 1. The topological polar surface area (TPSA) is 45.2 Å². The summed E-state index contributed by atoms with van der Waals surface area (Å²) >= 11 is 0. The van der Waals surface area contributed by atoms with Crippen molar-refractivity contribution in [2.24, 2.45) is 0 Å². The first-order chi connectivity index (χ1) is 9.40. The lowest BCUT2D eigenvalue weighted by molar-refractivity contribution is -0.0498. The molecule has 5 heteroatoms. The third-order valence-electron chi connectivity index (χ3n) is 3.55. The summed E-state index contributed by atoms with van der Waals surface area (Å²) in [7, 11) is 0. The van der Waals surface area contributed by atoms with Gasteiger partial charge in [0.2, 0.25) is 0 Å². The molecule has 108 valence electrons. The van der Waals surface area contributed by atoms with Crippen LogP contribution in [-0.2, 0) is 0 Å². The smallest absolute Gasteiger partial charge is 0.387 e. The number of nitrogens with one attached hydrogen (secondary N) is 1. The Bertz CT molecular complexity index is 591. The summed E-state index contributed by atoms with van der Waals surface area (Å²) in [5.74, 6) is 0.0755. The minimum Gasteiger partial charge on any atom is -0.435 e. The fourth-order valence-electron chi connectivity index (χ4n) is 2.14. The van der Waals surface area contributed by atoms with Crippen molar-refractivity contribution >= 4 is 0 Å². The summed E-state index contributed by atoms with van der Waals surface area (Å²) in [4.78, 5) is 3.16. The van der Waals surface area contributed by atoms with Gasteiger partial charge in [0.15, 0.2) is 0 Å². The number of hydrogen-bond acceptors (Lipinski definition) is 2. The normalized spacial score (nSPS) is 12.8. The molecule has 2 aromatic rings. The van der Waals surface area contributed by atoms with E-state index in [9.17, 15) is 13.9 Å². The van der Waals surface area contributed by atoms with Gasteiger partial charge in [0.05, 0.1) is 5.69 Å². The van der Waals surface area contributed by atoms with E-state index >= 15 is 0 Å². The standard InChI is InChI=1S/C15H17F2NO2/c1-8-9(2)13(18-10(8)3)14(19)11-4-6-12(7-5-11)20-15(16)17/h4-7,14-15,18-19H,1-3H3. The molecule has 0 fully saturated rings. The van der Waals surface area contributed by atoms with Crippen LogP contribution < -0.4 is 4.74 Å². The van der Waals surface area contributed by atoms with E-state index in [2.05, 4.69) is 9.72 Å². The fraction of sp³-hybridized carbons (Fsp3) is 0.333. The van der Waals surface area contributed by atoms with E-state index in [0.29, 0.717) is 5.56 Å². The zero-order chi connectivity index (χ0) is 14.9. The summed E-state index contributed by atoms with van der Waals surface area (Å²) < 4.78 is 28.4. The molecule has 0 amide bonds. The van der Waals surface area contributed by atoms with Crippen molar-refractivity contribution < 1.29 is 18.6 Å². The van der Waals surface area contributed by atoms with E-state index in [1.165, 1.54) is 12.1 Å². The molecule has 20 heavy (non-hydrogen) atoms. The monoisotopic (exact) mass is 281 g/mol. The van der Waals surface area contributed by atoms with E-state index < -0.39 is 12.7 Å². The quantitative estimate of drug-likeness (QED) is 0.899. The molecule has 3 nitrogen and oxygen atoms in total. The van der Waals surface area contributed by atoms with Crippen LogP contribution in [0.5, 0.6) is 5.75 Å². The van der Waals surface area contributed by atoms with E-state index in [1.54, 1.807) is 12.1 Å². The minimum absolute atomic E-state index is 0.0755. The predicted molar refractivity (Wildman–Crippen MR) is 72.1 cm³/mol. The van der Waals surface area contributed by atoms with E-state index in [-0.39, 0.29) is 5.75 Å². The van der Waals surface area contributed by atoms with E-state index in [4.69, 9.17) is 0 Å². The van der Waals surface area contributed by atoms with Crippen molar-refractivity contribution in [2.45, 2.75) is 33.5 Å². The van der Waals surface area contributed by atoms with Gasteiger partial charge in [0, 0.05) is 5.69 Å². The fourth-order valence-corrected chi connectivity index (χ4v) is 2.14. The Morgan fingerprint density at radius 2 is 1.65 bits per heavy atom. The van der Waals surface area contributed by atoms with Crippen LogP contribution in [0.1, 0.15) is 34.2 Å². The molecule has 0 saturated heterocycles. The summed E-state index contributed by atoms with van der Waals surface area (Å²) in [5, 5.41) is 10.4. The van der Waals surface area contributed by atoms with Crippen LogP contribution in [0.25, 0.3) is 0 Å². The molecule has 1 aromatic carbocycles. The molecule has 1 atom stereocenters. The average Bonchev–Trinajstić information content (AvgIpc) is 2.66. The Hall–Kier alpha value is -1.88. The SMILES string of the molecule is Cc1[nH]c(C(O)c2ccc(OC(F)F)cc2)c(C)c1C. The largest absolute Gasteiger partial charge is 0.435 e. The first kappa shape index (κ1) is 14.5. The van der Waals surface area contributed by atoms with E-state index in [0.717, 1.165) is 22.5 Å². The number of rotatable bonds is 4. The van der Waals surface area contributed by atoms with Crippen molar-refractivity contribution in [3.8, 4) is 5.75 Å². The van der Waals surface area contributed by atoms with Gasteiger partial charge in [-0.05, 0) is 49.6 Å². The highest BCUT2D eigenvalue weighted by Gasteiger charge is 2.17. The van der Waals surface area contributed by atoms with Gasteiger partial charge in [-0.15, -0.1) is 0 Å². The minimum atomic E-state index is -2.85.